The number of hydrogen-bond acceptors (Lipinski definition) is 2. The van der Waals surface area contributed by atoms with E-state index >= 15 is 0 Å². The first-order valence-corrected chi connectivity index (χ1v) is 6.30. The molecule has 1 amide bonds. The van der Waals surface area contributed by atoms with Gasteiger partial charge in [0, 0.05) is 6.54 Å². The van der Waals surface area contributed by atoms with Gasteiger partial charge in [0.15, 0.2) is 0 Å². The summed E-state index contributed by atoms with van der Waals surface area (Å²) in [4.78, 5) is 11.9. The molecule has 0 bridgehead atoms. The van der Waals surface area contributed by atoms with Gasteiger partial charge in [-0.05, 0) is 37.0 Å². The average molecular weight is 251 g/mol. The van der Waals surface area contributed by atoms with Crippen molar-refractivity contribution in [1.82, 2.24) is 5.32 Å². The van der Waals surface area contributed by atoms with Crippen LogP contribution >= 0.6 is 0 Å². The fourth-order valence-corrected chi connectivity index (χ4v) is 2.22. The van der Waals surface area contributed by atoms with E-state index in [9.17, 15) is 14.3 Å². The van der Waals surface area contributed by atoms with Crippen molar-refractivity contribution in [3.8, 4) is 0 Å². The van der Waals surface area contributed by atoms with Crippen molar-refractivity contribution in [2.45, 2.75) is 25.7 Å². The second-order valence-corrected chi connectivity index (χ2v) is 4.92. The molecular weight excluding hydrogens is 233 g/mol. The van der Waals surface area contributed by atoms with Crippen LogP contribution in [-0.4, -0.2) is 24.2 Å². The Labute approximate surface area is 106 Å². The maximum absolute atomic E-state index is 12.7. The molecule has 3 nitrogen and oxygen atoms in total. The van der Waals surface area contributed by atoms with Gasteiger partial charge in [0.25, 0.3) is 0 Å². The lowest BCUT2D eigenvalue weighted by Crippen LogP contribution is -2.48. The van der Waals surface area contributed by atoms with Crippen molar-refractivity contribution < 1.29 is 14.3 Å². The van der Waals surface area contributed by atoms with Gasteiger partial charge in [0.2, 0.25) is 5.91 Å². The summed E-state index contributed by atoms with van der Waals surface area (Å²) in [5.41, 5.74) is 0.450. The molecule has 1 saturated carbocycles. The molecule has 0 unspecified atom stereocenters. The van der Waals surface area contributed by atoms with E-state index in [1.807, 2.05) is 0 Å². The Morgan fingerprint density at radius 1 is 1.33 bits per heavy atom. The molecule has 1 aromatic carbocycles. The van der Waals surface area contributed by atoms with Crippen molar-refractivity contribution >= 4 is 5.91 Å². The highest BCUT2D eigenvalue weighted by Crippen LogP contribution is 2.40. The first-order valence-electron chi connectivity index (χ1n) is 6.30. The summed E-state index contributed by atoms with van der Waals surface area (Å²) < 4.78 is 12.7. The number of amides is 1. The highest BCUT2D eigenvalue weighted by molar-refractivity contribution is 5.83. The van der Waals surface area contributed by atoms with Crippen LogP contribution in [0.1, 0.15) is 24.8 Å². The highest BCUT2D eigenvalue weighted by Gasteiger charge is 2.43. The number of carbonyl (C=O) groups excluding carboxylic acids is 1. The number of benzene rings is 1. The maximum atomic E-state index is 12.7. The van der Waals surface area contributed by atoms with E-state index in [0.717, 1.165) is 24.8 Å². The third kappa shape index (κ3) is 2.70. The predicted molar refractivity (Wildman–Crippen MR) is 66.5 cm³/mol. The number of aliphatic hydroxyl groups excluding tert-OH is 1. The van der Waals surface area contributed by atoms with Crippen LogP contribution < -0.4 is 5.32 Å². The van der Waals surface area contributed by atoms with Gasteiger partial charge in [0.1, 0.15) is 5.82 Å². The minimum Gasteiger partial charge on any atom is -0.395 e. The molecule has 1 aliphatic rings. The van der Waals surface area contributed by atoms with Gasteiger partial charge in [-0.25, -0.2) is 4.39 Å². The second kappa shape index (κ2) is 5.48. The van der Waals surface area contributed by atoms with Gasteiger partial charge in [0.05, 0.1) is 12.0 Å². The van der Waals surface area contributed by atoms with E-state index in [1.54, 1.807) is 12.1 Å². The van der Waals surface area contributed by atoms with E-state index in [2.05, 4.69) is 5.32 Å². The smallest absolute Gasteiger partial charge is 0.228 e. The number of halogens is 1. The summed E-state index contributed by atoms with van der Waals surface area (Å²) in [5, 5.41) is 12.1. The van der Waals surface area contributed by atoms with Gasteiger partial charge >= 0.3 is 0 Å². The summed E-state index contributed by atoms with van der Waals surface area (Å²) in [5.74, 6) is -0.310. The molecule has 1 fully saturated rings. The fraction of sp³-hybridized carbons (Fsp3) is 0.500. The van der Waals surface area contributed by atoms with Gasteiger partial charge in [-0.2, -0.15) is 0 Å². The molecule has 0 aliphatic heterocycles. The number of hydrogen-bond donors (Lipinski definition) is 2. The molecule has 0 atom stereocenters. The molecule has 0 spiro atoms. The fourth-order valence-electron chi connectivity index (χ4n) is 2.22. The van der Waals surface area contributed by atoms with E-state index in [4.69, 9.17) is 0 Å². The molecule has 2 rings (SSSR count). The van der Waals surface area contributed by atoms with Crippen LogP contribution in [0, 0.1) is 11.2 Å². The van der Waals surface area contributed by atoms with Crippen LogP contribution in [0.4, 0.5) is 4.39 Å². The second-order valence-electron chi connectivity index (χ2n) is 4.92. The number of rotatable bonds is 5. The van der Waals surface area contributed by atoms with E-state index < -0.39 is 5.41 Å². The van der Waals surface area contributed by atoms with Crippen LogP contribution in [0.2, 0.25) is 0 Å². The SMILES string of the molecule is O=C(NCCc1ccc(F)cc1)C1(CO)CCC1. The van der Waals surface area contributed by atoms with Crippen molar-refractivity contribution in [2.24, 2.45) is 5.41 Å². The summed E-state index contributed by atoms with van der Waals surface area (Å²) in [6.45, 7) is 0.446. The van der Waals surface area contributed by atoms with Gasteiger partial charge < -0.3 is 10.4 Å². The Hall–Kier alpha value is -1.42. The first-order chi connectivity index (χ1) is 8.66. The molecule has 2 N–H and O–H groups in total. The molecule has 0 saturated heterocycles. The zero-order valence-corrected chi connectivity index (χ0v) is 10.3. The van der Waals surface area contributed by atoms with Crippen molar-refractivity contribution in [2.75, 3.05) is 13.2 Å². The van der Waals surface area contributed by atoms with Gasteiger partial charge in [-0.1, -0.05) is 18.6 Å². The monoisotopic (exact) mass is 251 g/mol. The Balaban J connectivity index is 1.78. The molecule has 0 radical (unpaired) electrons. The summed E-state index contributed by atoms with van der Waals surface area (Å²) in [6, 6.07) is 6.26. The molecule has 1 aliphatic carbocycles. The molecule has 0 aromatic heterocycles. The lowest BCUT2D eigenvalue weighted by molar-refractivity contribution is -0.139. The standard InChI is InChI=1S/C14H18FNO2/c15-12-4-2-11(3-5-12)6-9-16-13(18)14(10-17)7-1-8-14/h2-5,17H,1,6-10H2,(H,16,18). The van der Waals surface area contributed by atoms with Gasteiger partial charge in [-0.3, -0.25) is 4.79 Å². The molecule has 0 heterocycles. The molecule has 98 valence electrons. The number of nitrogens with one attached hydrogen (secondary N) is 1. The molecule has 4 heteroatoms. The maximum Gasteiger partial charge on any atom is 0.228 e. The predicted octanol–water partition coefficient (Wildman–Crippen LogP) is 1.65. The third-order valence-corrected chi connectivity index (χ3v) is 3.71. The zero-order chi connectivity index (χ0) is 13.0. The Morgan fingerprint density at radius 3 is 2.50 bits per heavy atom. The van der Waals surface area contributed by atoms with Crippen LogP contribution in [0.15, 0.2) is 24.3 Å². The summed E-state index contributed by atoms with van der Waals surface area (Å²) in [6.07, 6.45) is 3.22. The van der Waals surface area contributed by atoms with E-state index in [1.165, 1.54) is 12.1 Å². The molecule has 1 aromatic rings. The van der Waals surface area contributed by atoms with Crippen molar-refractivity contribution in [1.29, 1.82) is 0 Å². The van der Waals surface area contributed by atoms with Crippen molar-refractivity contribution in [3.05, 3.63) is 35.6 Å². The lowest BCUT2D eigenvalue weighted by atomic mass is 9.68. The van der Waals surface area contributed by atoms with E-state index in [0.29, 0.717) is 13.0 Å². The minimum atomic E-state index is -0.539. The third-order valence-electron chi connectivity index (χ3n) is 3.71. The summed E-state index contributed by atoms with van der Waals surface area (Å²) >= 11 is 0. The lowest BCUT2D eigenvalue weighted by Gasteiger charge is -2.38. The van der Waals surface area contributed by atoms with E-state index in [-0.39, 0.29) is 18.3 Å². The average Bonchev–Trinajstić information content (AvgIpc) is 2.31. The Kier molecular flexibility index (Phi) is 3.97. The Morgan fingerprint density at radius 2 is 2.00 bits per heavy atom. The largest absolute Gasteiger partial charge is 0.395 e. The van der Waals surface area contributed by atoms with Crippen molar-refractivity contribution in [3.63, 3.8) is 0 Å². The summed E-state index contributed by atoms with van der Waals surface area (Å²) in [7, 11) is 0. The van der Waals surface area contributed by atoms with Gasteiger partial charge in [-0.15, -0.1) is 0 Å². The highest BCUT2D eigenvalue weighted by atomic mass is 19.1. The Bertz CT molecular complexity index is 407. The van der Waals surface area contributed by atoms with Crippen LogP contribution in [0.25, 0.3) is 0 Å². The quantitative estimate of drug-likeness (QED) is 0.836. The topological polar surface area (TPSA) is 49.3 Å². The first kappa shape index (κ1) is 13.0. The number of aliphatic hydroxyl groups is 1. The minimum absolute atomic E-state index is 0.0571. The molecule has 18 heavy (non-hydrogen) atoms. The van der Waals surface area contributed by atoms with Crippen LogP contribution in [-0.2, 0) is 11.2 Å². The number of carbonyl (C=O) groups is 1. The molecular formula is C14H18FNO2. The zero-order valence-electron chi connectivity index (χ0n) is 10.3. The normalized spacial score (nSPS) is 17.0. The van der Waals surface area contributed by atoms with Crippen LogP contribution in [0.3, 0.4) is 0 Å². The van der Waals surface area contributed by atoms with Crippen LogP contribution in [0.5, 0.6) is 0 Å².